The Labute approximate surface area is 309 Å². The van der Waals surface area contributed by atoms with Gasteiger partial charge < -0.3 is 50.4 Å². The zero-order chi connectivity index (χ0) is 38.3. The molecule has 0 aromatic carbocycles. The fourth-order valence-corrected chi connectivity index (χ4v) is 7.28. The molecule has 0 aromatic rings. The summed E-state index contributed by atoms with van der Waals surface area (Å²) >= 11 is 0. The number of carbonyl (C=O) groups excluding carboxylic acids is 2. The smallest absolute Gasteiger partial charge is 0.217 e. The quantitative estimate of drug-likeness (QED) is 0.266. The number of hydrogen-bond donors (Lipinski definition) is 5. The van der Waals surface area contributed by atoms with Gasteiger partial charge >= 0.3 is 0 Å². The summed E-state index contributed by atoms with van der Waals surface area (Å²) in [5.41, 5.74) is 0. The lowest BCUT2D eigenvalue weighted by Crippen LogP contribution is -2.60. The first-order valence-electron chi connectivity index (χ1n) is 19.5. The normalized spacial score (nSPS) is 40.6. The second-order valence-corrected chi connectivity index (χ2v) is 15.5. The first-order chi connectivity index (χ1) is 23.4. The molecule has 304 valence electrons. The van der Waals surface area contributed by atoms with Crippen molar-refractivity contribution in [3.05, 3.63) is 0 Å². The van der Waals surface area contributed by atoms with E-state index in [1.165, 1.54) is 26.7 Å². The Balaban J connectivity index is 0.000000657. The number of nitrogens with one attached hydrogen (secondary N) is 2. The molecule has 2 amide bonds. The zero-order valence-corrected chi connectivity index (χ0v) is 34.2. The lowest BCUT2D eigenvalue weighted by atomic mass is 9.79. The van der Waals surface area contributed by atoms with Crippen LogP contribution in [0.4, 0.5) is 0 Å². The van der Waals surface area contributed by atoms with E-state index in [4.69, 9.17) is 18.9 Å². The van der Waals surface area contributed by atoms with Crippen LogP contribution in [0.25, 0.3) is 0 Å². The molecule has 0 bridgehead atoms. The van der Waals surface area contributed by atoms with Crippen LogP contribution in [-0.2, 0) is 28.5 Å². The van der Waals surface area contributed by atoms with Crippen LogP contribution in [0.2, 0.25) is 0 Å². The van der Waals surface area contributed by atoms with Crippen molar-refractivity contribution >= 4 is 11.8 Å². The lowest BCUT2D eigenvalue weighted by Gasteiger charge is -2.41. The summed E-state index contributed by atoms with van der Waals surface area (Å²) < 4.78 is 22.2. The predicted octanol–water partition coefficient (Wildman–Crippen LogP) is 4.25. The number of carbonyl (C=O) groups is 2. The Hall–Kier alpha value is -1.38. The Bertz CT molecular complexity index is 957. The second-order valence-electron chi connectivity index (χ2n) is 15.5. The molecule has 4 saturated heterocycles. The van der Waals surface area contributed by atoms with Crippen LogP contribution in [0.15, 0.2) is 0 Å². The topological polar surface area (TPSA) is 187 Å². The maximum Gasteiger partial charge on any atom is 0.217 e. The van der Waals surface area contributed by atoms with Gasteiger partial charge in [0.1, 0.15) is 6.04 Å². The maximum absolute atomic E-state index is 10.9. The molecule has 4 rings (SSSR count). The largest absolute Gasteiger partial charge is 0.412 e. The molecule has 12 heteroatoms. The molecule has 0 aliphatic carbocycles. The first kappa shape index (κ1) is 49.6. The molecule has 0 radical (unpaired) electrons. The summed E-state index contributed by atoms with van der Waals surface area (Å²) in [7, 11) is 0. The highest BCUT2D eigenvalue weighted by Gasteiger charge is 2.42. The number of ether oxygens (including phenoxy) is 4. The van der Waals surface area contributed by atoms with E-state index in [9.17, 15) is 24.9 Å². The van der Waals surface area contributed by atoms with Crippen molar-refractivity contribution in [2.75, 3.05) is 19.8 Å². The number of aliphatic hydroxyl groups is 3. The van der Waals surface area contributed by atoms with Gasteiger partial charge in [0.05, 0.1) is 49.3 Å². The van der Waals surface area contributed by atoms with Gasteiger partial charge in [-0.25, -0.2) is 0 Å². The van der Waals surface area contributed by atoms with Gasteiger partial charge in [0, 0.05) is 38.9 Å². The van der Waals surface area contributed by atoms with Crippen molar-refractivity contribution in [1.29, 1.82) is 0 Å². The summed E-state index contributed by atoms with van der Waals surface area (Å²) in [5, 5.41) is 34.6. The van der Waals surface area contributed by atoms with Crippen LogP contribution in [0.5, 0.6) is 0 Å². The SMILES string of the molecule is CCC1CC(C)C(C)CO1.CCC1OC(O)C(NC(C)=O)C(O)C1C.CCC1OCC(C)C(C)C1C.CCC1OCC(NC(C)=O)C(O)C1C.O. The van der Waals surface area contributed by atoms with Crippen LogP contribution in [0, 0.1) is 41.4 Å². The second kappa shape index (κ2) is 24.8. The van der Waals surface area contributed by atoms with E-state index in [2.05, 4.69) is 59.1 Å². The van der Waals surface area contributed by atoms with Crippen LogP contribution in [0.3, 0.4) is 0 Å². The van der Waals surface area contributed by atoms with E-state index in [0.717, 1.165) is 62.1 Å². The third kappa shape index (κ3) is 15.9. The fourth-order valence-electron chi connectivity index (χ4n) is 7.28. The molecular weight excluding hydrogens is 656 g/mol. The van der Waals surface area contributed by atoms with E-state index < -0.39 is 24.5 Å². The minimum atomic E-state index is -1.13. The molecule has 16 atom stereocenters. The molecule has 7 N–H and O–H groups in total. The number of hydrogen-bond acceptors (Lipinski definition) is 9. The summed E-state index contributed by atoms with van der Waals surface area (Å²) in [6.07, 6.45) is 3.81. The van der Waals surface area contributed by atoms with Gasteiger partial charge in [-0.2, -0.15) is 0 Å². The van der Waals surface area contributed by atoms with Gasteiger partial charge in [0.15, 0.2) is 6.29 Å². The number of aliphatic hydroxyl groups excluding tert-OH is 3. The Morgan fingerprint density at radius 1 is 0.588 bits per heavy atom. The Kier molecular flexibility index (Phi) is 24.2. The van der Waals surface area contributed by atoms with Gasteiger partial charge in [-0.05, 0) is 61.7 Å². The molecule has 12 nitrogen and oxygen atoms in total. The van der Waals surface area contributed by atoms with E-state index in [1.54, 1.807) is 0 Å². The van der Waals surface area contributed by atoms with Gasteiger partial charge in [-0.1, -0.05) is 76.2 Å². The van der Waals surface area contributed by atoms with Crippen LogP contribution >= 0.6 is 0 Å². The highest BCUT2D eigenvalue weighted by Crippen LogP contribution is 2.32. The molecule has 4 heterocycles. The van der Waals surface area contributed by atoms with Crippen molar-refractivity contribution in [1.82, 2.24) is 10.6 Å². The summed E-state index contributed by atoms with van der Waals surface area (Å²) in [5.74, 6) is 3.50. The molecule has 4 aliphatic rings. The van der Waals surface area contributed by atoms with Gasteiger partial charge in [0.2, 0.25) is 11.8 Å². The minimum Gasteiger partial charge on any atom is -0.412 e. The molecule has 4 fully saturated rings. The van der Waals surface area contributed by atoms with E-state index in [-0.39, 0.29) is 47.4 Å². The highest BCUT2D eigenvalue weighted by atomic mass is 16.6. The van der Waals surface area contributed by atoms with Crippen molar-refractivity contribution in [2.45, 2.75) is 177 Å². The average molecular weight is 735 g/mol. The lowest BCUT2D eigenvalue weighted by molar-refractivity contribution is -0.228. The molecule has 16 unspecified atom stereocenters. The summed E-state index contributed by atoms with van der Waals surface area (Å²) in [4.78, 5) is 21.7. The van der Waals surface area contributed by atoms with Crippen molar-refractivity contribution in [3.8, 4) is 0 Å². The number of rotatable bonds is 6. The molecular formula is C39H78N2O10. The third-order valence-corrected chi connectivity index (χ3v) is 11.7. The molecule has 4 aliphatic heterocycles. The van der Waals surface area contributed by atoms with Crippen LogP contribution in [-0.4, -0.2) is 107 Å². The van der Waals surface area contributed by atoms with Gasteiger partial charge in [0.25, 0.3) is 0 Å². The van der Waals surface area contributed by atoms with Gasteiger partial charge in [-0.3, -0.25) is 9.59 Å². The van der Waals surface area contributed by atoms with E-state index in [1.807, 2.05) is 27.7 Å². The van der Waals surface area contributed by atoms with Crippen molar-refractivity contribution in [3.63, 3.8) is 0 Å². The first-order valence-corrected chi connectivity index (χ1v) is 19.5. The molecule has 51 heavy (non-hydrogen) atoms. The fraction of sp³-hybridized carbons (Fsp3) is 0.949. The summed E-state index contributed by atoms with van der Waals surface area (Å²) in [6, 6.07) is -0.995. The Morgan fingerprint density at radius 3 is 1.57 bits per heavy atom. The monoisotopic (exact) mass is 735 g/mol. The average Bonchev–Trinajstić information content (AvgIpc) is 3.08. The minimum absolute atomic E-state index is 0. The number of amides is 2. The summed E-state index contributed by atoms with van der Waals surface area (Å²) in [6.45, 7) is 28.9. The van der Waals surface area contributed by atoms with Gasteiger partial charge in [-0.15, -0.1) is 0 Å². The van der Waals surface area contributed by atoms with Crippen molar-refractivity contribution in [2.24, 2.45) is 41.4 Å². The molecule has 0 saturated carbocycles. The van der Waals surface area contributed by atoms with Crippen molar-refractivity contribution < 1.29 is 49.3 Å². The van der Waals surface area contributed by atoms with E-state index in [0.29, 0.717) is 18.8 Å². The van der Waals surface area contributed by atoms with E-state index >= 15 is 0 Å². The predicted molar refractivity (Wildman–Crippen MR) is 201 cm³/mol. The van der Waals surface area contributed by atoms with Crippen LogP contribution in [0.1, 0.15) is 122 Å². The zero-order valence-electron chi connectivity index (χ0n) is 34.2. The molecule has 0 aromatic heterocycles. The standard InChI is InChI=1S/C10H19NO4.C10H19NO3.C10H20O.C9H18O.H2O/c1-4-7-5(2)9(13)8(10(14)15-7)11-6(3)12;1-4-9-6(2)10(13)8(5-14-9)11-7(3)12;1-5-10-9(4)8(3)7(2)6-11-10;1-4-9-5-7(2)8(3)6-10-9;/h5,7-10,13-14H,4H2,1-3H3,(H,11,12);6,8-10,13H,4-5H2,1-3H3,(H,11,12);7-10H,5-6H2,1-4H3;7-9H,4-6H2,1-3H3;1H2. The molecule has 0 spiro atoms. The maximum atomic E-state index is 10.9. The third-order valence-electron chi connectivity index (χ3n) is 11.7. The highest BCUT2D eigenvalue weighted by molar-refractivity contribution is 5.73. The Morgan fingerprint density at radius 2 is 1.08 bits per heavy atom. The van der Waals surface area contributed by atoms with Crippen LogP contribution < -0.4 is 10.6 Å².